The number of nitrogens with zero attached hydrogens (tertiary/aromatic N) is 2. The van der Waals surface area contributed by atoms with Crippen LogP contribution in [0.15, 0.2) is 30.6 Å². The molecule has 1 aromatic heterocycles. The molecule has 0 unspecified atom stereocenters. The van der Waals surface area contributed by atoms with Crippen LogP contribution in [0.1, 0.15) is 38.5 Å². The van der Waals surface area contributed by atoms with Crippen LogP contribution in [0, 0.1) is 21.3 Å². The van der Waals surface area contributed by atoms with Gasteiger partial charge in [0.25, 0.3) is 0 Å². The minimum Gasteiger partial charge on any atom is -0.393 e. The minimum absolute atomic E-state index is 0.192. The summed E-state index contributed by atoms with van der Waals surface area (Å²) < 4.78 is 1.20. The second kappa shape index (κ2) is 6.25. The summed E-state index contributed by atoms with van der Waals surface area (Å²) in [6, 6.07) is 8.20. The molecule has 5 nitrogen and oxygen atoms in total. The van der Waals surface area contributed by atoms with Crippen molar-refractivity contribution in [1.29, 1.82) is 0 Å². The van der Waals surface area contributed by atoms with Crippen molar-refractivity contribution in [1.82, 2.24) is 9.97 Å². The van der Waals surface area contributed by atoms with Gasteiger partial charge < -0.3 is 16.4 Å². The fourth-order valence-corrected chi connectivity index (χ4v) is 6.14. The van der Waals surface area contributed by atoms with Crippen molar-refractivity contribution in [2.45, 2.75) is 44.1 Å². The topological polar surface area (TPSA) is 75.9 Å². The molecule has 0 aliphatic heterocycles. The summed E-state index contributed by atoms with van der Waals surface area (Å²) in [5.41, 5.74) is 8.23. The van der Waals surface area contributed by atoms with Gasteiger partial charge in [-0.3, -0.25) is 0 Å². The second-order valence-corrected chi connectivity index (χ2v) is 9.68. The smallest absolute Gasteiger partial charge is 0.159 e. The molecule has 1 aromatic carbocycles. The number of rotatable bonds is 4. The lowest BCUT2D eigenvalue weighted by Gasteiger charge is -2.57. The van der Waals surface area contributed by atoms with E-state index in [4.69, 9.17) is 5.73 Å². The maximum atomic E-state index is 6.44. The molecule has 0 spiro atoms. The molecule has 26 heavy (non-hydrogen) atoms. The Morgan fingerprint density at radius 1 is 0.923 bits per heavy atom. The number of anilines is 4. The summed E-state index contributed by atoms with van der Waals surface area (Å²) in [5.74, 6) is 4.13. The van der Waals surface area contributed by atoms with Crippen LogP contribution in [0.25, 0.3) is 0 Å². The van der Waals surface area contributed by atoms with Gasteiger partial charge >= 0.3 is 0 Å². The normalized spacial score (nSPS) is 31.8. The van der Waals surface area contributed by atoms with Crippen LogP contribution < -0.4 is 16.4 Å². The monoisotopic (exact) mass is 461 g/mol. The Bertz CT molecular complexity index is 784. The number of halogens is 1. The minimum atomic E-state index is 0.192. The third-order valence-electron chi connectivity index (χ3n) is 6.41. The lowest BCUT2D eigenvalue weighted by molar-refractivity contribution is 0.0106. The molecule has 2 aromatic rings. The number of aromatic nitrogens is 2. The molecule has 1 heterocycles. The number of hydrogen-bond donors (Lipinski definition) is 3. The number of nitrogens with two attached hydrogens (primary N) is 1. The number of nitrogen functional groups attached to an aromatic ring is 1. The highest BCUT2D eigenvalue weighted by molar-refractivity contribution is 14.1. The number of benzene rings is 1. The van der Waals surface area contributed by atoms with E-state index in [9.17, 15) is 0 Å². The van der Waals surface area contributed by atoms with E-state index < -0.39 is 0 Å². The molecule has 6 rings (SSSR count). The third kappa shape index (κ3) is 3.02. The van der Waals surface area contributed by atoms with Gasteiger partial charge in [0.2, 0.25) is 0 Å². The summed E-state index contributed by atoms with van der Waals surface area (Å²) in [6.45, 7) is 0. The lowest BCUT2D eigenvalue weighted by Crippen LogP contribution is -2.55. The average Bonchev–Trinajstić information content (AvgIpc) is 2.59. The highest BCUT2D eigenvalue weighted by atomic mass is 127. The van der Waals surface area contributed by atoms with Crippen molar-refractivity contribution >= 4 is 45.6 Å². The van der Waals surface area contributed by atoms with Crippen molar-refractivity contribution in [2.75, 3.05) is 16.4 Å². The van der Waals surface area contributed by atoms with Gasteiger partial charge in [0.05, 0.1) is 0 Å². The van der Waals surface area contributed by atoms with Crippen LogP contribution in [-0.2, 0) is 0 Å². The first-order valence-electron chi connectivity index (χ1n) is 9.50. The van der Waals surface area contributed by atoms with E-state index in [1.807, 2.05) is 12.1 Å². The van der Waals surface area contributed by atoms with Crippen LogP contribution in [0.4, 0.5) is 23.0 Å². The maximum Gasteiger partial charge on any atom is 0.159 e. The van der Waals surface area contributed by atoms with Crippen molar-refractivity contribution in [3.8, 4) is 0 Å². The van der Waals surface area contributed by atoms with E-state index in [1.54, 1.807) is 6.33 Å². The first-order chi connectivity index (χ1) is 12.6. The van der Waals surface area contributed by atoms with Crippen molar-refractivity contribution in [3.05, 3.63) is 34.2 Å². The van der Waals surface area contributed by atoms with E-state index in [-0.39, 0.29) is 5.54 Å². The largest absolute Gasteiger partial charge is 0.393 e. The van der Waals surface area contributed by atoms with Gasteiger partial charge in [-0.2, -0.15) is 0 Å². The Labute approximate surface area is 167 Å². The van der Waals surface area contributed by atoms with Gasteiger partial charge in [-0.1, -0.05) is 0 Å². The van der Waals surface area contributed by atoms with E-state index in [0.29, 0.717) is 11.5 Å². The standard InChI is InChI=1S/C20H24IN5/c21-15-1-3-16(4-2-15)25-18-17(22)19(24-11-23-18)26-20-8-12-5-13(9-20)7-14(6-12)10-20/h1-4,11-14H,5-10,22H2,(H2,23,24,25,26). The summed E-state index contributed by atoms with van der Waals surface area (Å²) in [4.78, 5) is 8.84. The second-order valence-electron chi connectivity index (χ2n) is 8.44. The van der Waals surface area contributed by atoms with E-state index in [1.165, 1.54) is 42.1 Å². The fourth-order valence-electron chi connectivity index (χ4n) is 5.78. The molecular formula is C20H24IN5. The van der Waals surface area contributed by atoms with Gasteiger partial charge in [-0.25, -0.2) is 9.97 Å². The lowest BCUT2D eigenvalue weighted by atomic mass is 9.53. The SMILES string of the molecule is Nc1c(Nc2ccc(I)cc2)ncnc1NC12CC3CC(CC(C3)C1)C2. The third-order valence-corrected chi connectivity index (χ3v) is 7.13. The molecule has 6 heteroatoms. The maximum absolute atomic E-state index is 6.44. The Balaban J connectivity index is 1.39. The average molecular weight is 461 g/mol. The molecular weight excluding hydrogens is 437 g/mol. The van der Waals surface area contributed by atoms with Crippen LogP contribution in [0.2, 0.25) is 0 Å². The predicted molar refractivity (Wildman–Crippen MR) is 113 cm³/mol. The van der Waals surface area contributed by atoms with Gasteiger partial charge in [-0.15, -0.1) is 0 Å². The zero-order valence-electron chi connectivity index (χ0n) is 14.7. The van der Waals surface area contributed by atoms with Gasteiger partial charge in [0.15, 0.2) is 11.6 Å². The molecule has 4 aliphatic carbocycles. The fraction of sp³-hybridized carbons (Fsp3) is 0.500. The Morgan fingerprint density at radius 2 is 1.50 bits per heavy atom. The van der Waals surface area contributed by atoms with E-state index in [0.717, 1.165) is 29.3 Å². The summed E-state index contributed by atoms with van der Waals surface area (Å²) in [5, 5.41) is 7.10. The van der Waals surface area contributed by atoms with Gasteiger partial charge in [0, 0.05) is 14.8 Å². The summed E-state index contributed by atoms with van der Waals surface area (Å²) >= 11 is 2.30. The zero-order valence-corrected chi connectivity index (χ0v) is 16.9. The molecule has 0 atom stereocenters. The van der Waals surface area contributed by atoms with Gasteiger partial charge in [0.1, 0.15) is 12.0 Å². The van der Waals surface area contributed by atoms with Crippen LogP contribution in [0.5, 0.6) is 0 Å². The molecule has 0 radical (unpaired) electrons. The molecule has 4 N–H and O–H groups in total. The number of nitrogens with one attached hydrogen (secondary N) is 2. The number of hydrogen-bond acceptors (Lipinski definition) is 5. The van der Waals surface area contributed by atoms with Crippen LogP contribution in [-0.4, -0.2) is 15.5 Å². The van der Waals surface area contributed by atoms with Crippen molar-refractivity contribution in [3.63, 3.8) is 0 Å². The van der Waals surface area contributed by atoms with Gasteiger partial charge in [-0.05, 0) is 103 Å². The molecule has 0 saturated heterocycles. The summed E-state index contributed by atoms with van der Waals surface area (Å²) in [7, 11) is 0. The first kappa shape index (κ1) is 16.6. The molecule has 4 aliphatic rings. The molecule has 4 saturated carbocycles. The Kier molecular flexibility index (Phi) is 3.99. The van der Waals surface area contributed by atoms with E-state index >= 15 is 0 Å². The molecule has 4 fully saturated rings. The van der Waals surface area contributed by atoms with Crippen LogP contribution >= 0.6 is 22.6 Å². The predicted octanol–water partition coefficient (Wildman–Crippen LogP) is 4.79. The highest BCUT2D eigenvalue weighted by Crippen LogP contribution is 2.56. The molecule has 0 amide bonds. The zero-order chi connectivity index (χ0) is 17.7. The molecule has 136 valence electrons. The van der Waals surface area contributed by atoms with Crippen molar-refractivity contribution < 1.29 is 0 Å². The van der Waals surface area contributed by atoms with Crippen molar-refractivity contribution in [2.24, 2.45) is 17.8 Å². The van der Waals surface area contributed by atoms with Crippen LogP contribution in [0.3, 0.4) is 0 Å². The highest BCUT2D eigenvalue weighted by Gasteiger charge is 2.51. The quantitative estimate of drug-likeness (QED) is 0.571. The molecule has 4 bridgehead atoms. The van der Waals surface area contributed by atoms with E-state index in [2.05, 4.69) is 55.3 Å². The summed E-state index contributed by atoms with van der Waals surface area (Å²) in [6.07, 6.45) is 9.70. The Morgan fingerprint density at radius 3 is 2.12 bits per heavy atom. The first-order valence-corrected chi connectivity index (χ1v) is 10.6. The Hall–Kier alpha value is -1.57.